The third-order valence-corrected chi connectivity index (χ3v) is 6.60. The molecule has 0 saturated heterocycles. The van der Waals surface area contributed by atoms with E-state index in [0.29, 0.717) is 0 Å². The summed E-state index contributed by atoms with van der Waals surface area (Å²) < 4.78 is 0. The van der Waals surface area contributed by atoms with E-state index >= 15 is 0 Å². The maximum Gasteiger partial charge on any atom is 0.00696 e. The molecule has 1 nitrogen and oxygen atoms in total. The fraction of sp³-hybridized carbons (Fsp3) is 1.00. The summed E-state index contributed by atoms with van der Waals surface area (Å²) in [6, 6.07) is 1.56. The molecular weight excluding hydrogens is 350 g/mol. The van der Waals surface area contributed by atoms with Gasteiger partial charge in [0.25, 0.3) is 0 Å². The maximum atomic E-state index is 4.18. The van der Waals surface area contributed by atoms with Crippen LogP contribution in [0.25, 0.3) is 0 Å². The molecule has 0 spiro atoms. The van der Waals surface area contributed by atoms with E-state index in [0.717, 1.165) is 12.1 Å². The van der Waals surface area contributed by atoms with Gasteiger partial charge in [0.2, 0.25) is 0 Å². The van der Waals surface area contributed by atoms with E-state index in [1.54, 1.807) is 0 Å². The molecule has 0 aromatic carbocycles. The van der Waals surface area contributed by atoms with Crippen molar-refractivity contribution in [1.82, 2.24) is 5.32 Å². The van der Waals surface area contributed by atoms with Gasteiger partial charge in [-0.2, -0.15) is 0 Å². The molecular formula is C28H59N. The molecule has 2 unspecified atom stereocenters. The van der Waals surface area contributed by atoms with Crippen LogP contribution in [0.3, 0.4) is 0 Å². The zero-order chi connectivity index (χ0) is 21.4. The van der Waals surface area contributed by atoms with Gasteiger partial charge in [0.05, 0.1) is 0 Å². The summed E-state index contributed by atoms with van der Waals surface area (Å²) in [7, 11) is 0. The highest BCUT2D eigenvalue weighted by Crippen LogP contribution is 2.18. The molecule has 0 saturated carbocycles. The van der Waals surface area contributed by atoms with Crippen molar-refractivity contribution in [3.8, 4) is 0 Å². The fourth-order valence-electron chi connectivity index (χ4n) is 4.58. The van der Waals surface area contributed by atoms with E-state index in [-0.39, 0.29) is 0 Å². The SMILES string of the molecule is CCCCCCCCC(CCCCC)NC(CCCCCC)CCCCCCC. The van der Waals surface area contributed by atoms with Crippen molar-refractivity contribution < 1.29 is 0 Å². The average molecular weight is 410 g/mol. The molecule has 0 aromatic heterocycles. The van der Waals surface area contributed by atoms with Crippen LogP contribution in [0.15, 0.2) is 0 Å². The number of unbranched alkanes of at least 4 members (excludes halogenated alkanes) is 14. The van der Waals surface area contributed by atoms with E-state index in [2.05, 4.69) is 33.0 Å². The third kappa shape index (κ3) is 21.0. The van der Waals surface area contributed by atoms with Crippen LogP contribution >= 0.6 is 0 Å². The first-order chi connectivity index (χ1) is 14.3. The van der Waals surface area contributed by atoms with Crippen LogP contribution in [0, 0.1) is 0 Å². The molecule has 0 aliphatic carbocycles. The molecule has 0 bridgehead atoms. The first kappa shape index (κ1) is 29.0. The van der Waals surface area contributed by atoms with Gasteiger partial charge in [-0.05, 0) is 25.7 Å². The summed E-state index contributed by atoms with van der Waals surface area (Å²) in [4.78, 5) is 0. The minimum absolute atomic E-state index is 0.777. The molecule has 0 aliphatic heterocycles. The minimum Gasteiger partial charge on any atom is -0.311 e. The number of nitrogens with one attached hydrogen (secondary N) is 1. The van der Waals surface area contributed by atoms with E-state index in [1.807, 2.05) is 0 Å². The summed E-state index contributed by atoms with van der Waals surface area (Å²) in [5.41, 5.74) is 0. The molecule has 1 heteroatoms. The van der Waals surface area contributed by atoms with E-state index in [1.165, 1.54) is 141 Å². The Bertz CT molecular complexity index is 288. The first-order valence-corrected chi connectivity index (χ1v) is 14.0. The van der Waals surface area contributed by atoms with Gasteiger partial charge in [0.15, 0.2) is 0 Å². The van der Waals surface area contributed by atoms with E-state index in [9.17, 15) is 0 Å². The standard InChI is InChI=1S/C28H59N/c1-5-9-13-16-18-22-26-27(23-19-12-8-4)29-28(24-20-15-11-7-3)25-21-17-14-10-6-2/h27-29H,5-26H2,1-4H3. The Kier molecular flexibility index (Phi) is 24.2. The number of rotatable bonds is 24. The monoisotopic (exact) mass is 409 g/mol. The van der Waals surface area contributed by atoms with Crippen LogP contribution < -0.4 is 5.32 Å². The quantitative estimate of drug-likeness (QED) is 0.156. The normalized spacial score (nSPS) is 13.7. The second-order valence-corrected chi connectivity index (χ2v) is 9.66. The van der Waals surface area contributed by atoms with Crippen LogP contribution in [-0.2, 0) is 0 Å². The fourth-order valence-corrected chi connectivity index (χ4v) is 4.58. The van der Waals surface area contributed by atoms with Gasteiger partial charge in [-0.25, -0.2) is 0 Å². The zero-order valence-electron chi connectivity index (χ0n) is 21.2. The molecule has 0 rings (SSSR count). The van der Waals surface area contributed by atoms with Gasteiger partial charge in [0.1, 0.15) is 0 Å². The van der Waals surface area contributed by atoms with Crippen molar-refractivity contribution in [1.29, 1.82) is 0 Å². The molecule has 176 valence electrons. The summed E-state index contributed by atoms with van der Waals surface area (Å²) in [6.07, 6.45) is 31.1. The van der Waals surface area contributed by atoms with Crippen molar-refractivity contribution >= 4 is 0 Å². The summed E-state index contributed by atoms with van der Waals surface area (Å²) >= 11 is 0. The van der Waals surface area contributed by atoms with Gasteiger partial charge in [-0.3, -0.25) is 0 Å². The summed E-state index contributed by atoms with van der Waals surface area (Å²) in [5, 5.41) is 4.18. The highest BCUT2D eigenvalue weighted by molar-refractivity contribution is 4.75. The zero-order valence-corrected chi connectivity index (χ0v) is 21.2. The van der Waals surface area contributed by atoms with Gasteiger partial charge < -0.3 is 5.32 Å². The molecule has 0 heterocycles. The lowest BCUT2D eigenvalue weighted by atomic mass is 9.96. The Morgan fingerprint density at radius 3 is 0.966 bits per heavy atom. The Morgan fingerprint density at radius 1 is 0.345 bits per heavy atom. The summed E-state index contributed by atoms with van der Waals surface area (Å²) in [5.74, 6) is 0. The van der Waals surface area contributed by atoms with E-state index in [4.69, 9.17) is 0 Å². The molecule has 2 atom stereocenters. The van der Waals surface area contributed by atoms with Crippen LogP contribution in [0.4, 0.5) is 0 Å². The highest BCUT2D eigenvalue weighted by atomic mass is 14.9. The maximum absolute atomic E-state index is 4.18. The molecule has 0 fully saturated rings. The molecule has 0 radical (unpaired) electrons. The van der Waals surface area contributed by atoms with Crippen LogP contribution in [-0.4, -0.2) is 12.1 Å². The lowest BCUT2D eigenvalue weighted by molar-refractivity contribution is 0.330. The highest BCUT2D eigenvalue weighted by Gasteiger charge is 2.15. The molecule has 0 aliphatic rings. The second-order valence-electron chi connectivity index (χ2n) is 9.66. The van der Waals surface area contributed by atoms with Crippen LogP contribution in [0.5, 0.6) is 0 Å². The lowest BCUT2D eigenvalue weighted by Gasteiger charge is -2.26. The minimum atomic E-state index is 0.777. The van der Waals surface area contributed by atoms with Crippen molar-refractivity contribution in [2.75, 3.05) is 0 Å². The third-order valence-electron chi connectivity index (χ3n) is 6.60. The summed E-state index contributed by atoms with van der Waals surface area (Å²) in [6.45, 7) is 9.30. The van der Waals surface area contributed by atoms with Gasteiger partial charge in [-0.1, -0.05) is 143 Å². The van der Waals surface area contributed by atoms with Crippen LogP contribution in [0.2, 0.25) is 0 Å². The van der Waals surface area contributed by atoms with Gasteiger partial charge in [0, 0.05) is 12.1 Å². The van der Waals surface area contributed by atoms with E-state index < -0.39 is 0 Å². The largest absolute Gasteiger partial charge is 0.311 e. The van der Waals surface area contributed by atoms with Gasteiger partial charge >= 0.3 is 0 Å². The van der Waals surface area contributed by atoms with Crippen molar-refractivity contribution in [3.05, 3.63) is 0 Å². The topological polar surface area (TPSA) is 12.0 Å². The molecule has 0 amide bonds. The van der Waals surface area contributed by atoms with Gasteiger partial charge in [-0.15, -0.1) is 0 Å². The molecule has 29 heavy (non-hydrogen) atoms. The van der Waals surface area contributed by atoms with Crippen LogP contribution in [0.1, 0.15) is 169 Å². The molecule has 1 N–H and O–H groups in total. The Labute approximate surface area is 186 Å². The lowest BCUT2D eigenvalue weighted by Crippen LogP contribution is -2.38. The Balaban J connectivity index is 4.41. The predicted octanol–water partition coefficient (Wildman–Crippen LogP) is 9.97. The second kappa shape index (κ2) is 24.2. The molecule has 0 aromatic rings. The predicted molar refractivity (Wildman–Crippen MR) is 135 cm³/mol. The first-order valence-electron chi connectivity index (χ1n) is 14.0. The van der Waals surface area contributed by atoms with Crippen molar-refractivity contribution in [2.24, 2.45) is 0 Å². The Morgan fingerprint density at radius 2 is 0.586 bits per heavy atom. The Hall–Kier alpha value is -0.0400. The number of hydrogen-bond acceptors (Lipinski definition) is 1. The smallest absolute Gasteiger partial charge is 0.00696 e. The number of hydrogen-bond donors (Lipinski definition) is 1. The van der Waals surface area contributed by atoms with Crippen molar-refractivity contribution in [3.63, 3.8) is 0 Å². The van der Waals surface area contributed by atoms with Crippen molar-refractivity contribution in [2.45, 2.75) is 181 Å². The average Bonchev–Trinajstić information content (AvgIpc) is 2.73.